The Bertz CT molecular complexity index is 853. The van der Waals surface area contributed by atoms with E-state index in [1.165, 1.54) is 4.70 Å². The molecule has 0 unspecified atom stereocenters. The topological polar surface area (TPSA) is 91.4 Å². The third-order valence-corrected chi connectivity index (χ3v) is 6.45. The van der Waals surface area contributed by atoms with Crippen molar-refractivity contribution in [2.45, 2.75) is 44.1 Å². The highest BCUT2D eigenvalue weighted by Crippen LogP contribution is 2.26. The first-order valence-electron chi connectivity index (χ1n) is 9.32. The molecule has 1 aromatic carbocycles. The van der Waals surface area contributed by atoms with Crippen LogP contribution in [0.2, 0.25) is 0 Å². The number of unbranched alkanes of at least 4 members (excludes halogenated alkanes) is 1. The molecule has 142 valence electrons. The summed E-state index contributed by atoms with van der Waals surface area (Å²) in [5.41, 5.74) is 0.222. The van der Waals surface area contributed by atoms with Crippen molar-refractivity contribution in [3.63, 3.8) is 0 Å². The van der Waals surface area contributed by atoms with E-state index in [0.29, 0.717) is 32.4 Å². The number of aromatic nitrogens is 1. The summed E-state index contributed by atoms with van der Waals surface area (Å²) >= 11 is 1.72. The van der Waals surface area contributed by atoms with Crippen LogP contribution in [0.3, 0.4) is 0 Å². The number of benzene rings is 1. The standard InChI is InChI=1S/C19H22N4O3S/c24-16(23-11-9-19(10-12-23)17(25)21-18(26)22-19)8-4-3-7-15-20-13-5-1-2-6-14(13)27-15/h1-2,5-6H,3-4,7-12H2,(H2,21,22,25,26). The summed E-state index contributed by atoms with van der Waals surface area (Å²) in [6.07, 6.45) is 4.11. The number of imide groups is 1. The van der Waals surface area contributed by atoms with Crippen molar-refractivity contribution < 1.29 is 14.4 Å². The van der Waals surface area contributed by atoms with Gasteiger partial charge < -0.3 is 10.2 Å². The lowest BCUT2D eigenvalue weighted by molar-refractivity contribution is -0.135. The Morgan fingerprint density at radius 3 is 2.67 bits per heavy atom. The Hall–Kier alpha value is -2.48. The Morgan fingerprint density at radius 1 is 1.19 bits per heavy atom. The van der Waals surface area contributed by atoms with E-state index in [0.717, 1.165) is 29.8 Å². The number of fused-ring (bicyclic) bond motifs is 1. The Labute approximate surface area is 161 Å². The highest BCUT2D eigenvalue weighted by molar-refractivity contribution is 7.18. The van der Waals surface area contributed by atoms with Crippen LogP contribution in [0.15, 0.2) is 24.3 Å². The van der Waals surface area contributed by atoms with Crippen LogP contribution in [-0.4, -0.2) is 46.4 Å². The number of carbonyl (C=O) groups is 3. The summed E-state index contributed by atoms with van der Waals surface area (Å²) in [6, 6.07) is 7.68. The molecule has 2 aliphatic rings. The lowest BCUT2D eigenvalue weighted by atomic mass is 9.87. The van der Waals surface area contributed by atoms with Gasteiger partial charge in [-0.2, -0.15) is 0 Å². The van der Waals surface area contributed by atoms with Crippen LogP contribution in [0.5, 0.6) is 0 Å². The second kappa shape index (κ2) is 7.26. The number of likely N-dealkylation sites (tertiary alicyclic amines) is 1. The molecule has 7 nitrogen and oxygen atoms in total. The van der Waals surface area contributed by atoms with Crippen molar-refractivity contribution in [1.29, 1.82) is 0 Å². The van der Waals surface area contributed by atoms with Crippen molar-refractivity contribution in [1.82, 2.24) is 20.5 Å². The number of para-hydroxylation sites is 1. The summed E-state index contributed by atoms with van der Waals surface area (Å²) in [7, 11) is 0. The zero-order chi connectivity index (χ0) is 18.9. The quantitative estimate of drug-likeness (QED) is 0.609. The molecule has 4 amide bonds. The first kappa shape index (κ1) is 17.9. The van der Waals surface area contributed by atoms with Crippen molar-refractivity contribution in [2.75, 3.05) is 13.1 Å². The number of hydrogen-bond acceptors (Lipinski definition) is 5. The van der Waals surface area contributed by atoms with Crippen LogP contribution in [0.1, 0.15) is 37.1 Å². The molecule has 1 spiro atoms. The number of nitrogens with one attached hydrogen (secondary N) is 2. The molecule has 1 aromatic heterocycles. The largest absolute Gasteiger partial charge is 0.342 e. The van der Waals surface area contributed by atoms with Gasteiger partial charge in [0.1, 0.15) is 5.54 Å². The summed E-state index contributed by atoms with van der Waals surface area (Å²) < 4.78 is 1.20. The van der Waals surface area contributed by atoms with Crippen LogP contribution in [0.4, 0.5) is 4.79 Å². The predicted molar refractivity (Wildman–Crippen MR) is 102 cm³/mol. The van der Waals surface area contributed by atoms with Crippen LogP contribution in [-0.2, 0) is 16.0 Å². The van der Waals surface area contributed by atoms with E-state index < -0.39 is 11.6 Å². The van der Waals surface area contributed by atoms with Crippen LogP contribution in [0.25, 0.3) is 10.2 Å². The molecule has 2 fully saturated rings. The van der Waals surface area contributed by atoms with Crippen molar-refractivity contribution in [2.24, 2.45) is 0 Å². The Kier molecular flexibility index (Phi) is 4.82. The monoisotopic (exact) mass is 386 g/mol. The molecule has 3 heterocycles. The highest BCUT2D eigenvalue weighted by atomic mass is 32.1. The van der Waals surface area contributed by atoms with Gasteiger partial charge in [-0.25, -0.2) is 9.78 Å². The van der Waals surface area contributed by atoms with Gasteiger partial charge in [0.2, 0.25) is 5.91 Å². The fourth-order valence-corrected chi connectivity index (χ4v) is 4.76. The van der Waals surface area contributed by atoms with E-state index in [2.05, 4.69) is 21.7 Å². The molecule has 0 aliphatic carbocycles. The average molecular weight is 386 g/mol. The third-order valence-electron chi connectivity index (χ3n) is 5.35. The highest BCUT2D eigenvalue weighted by Gasteiger charge is 2.48. The maximum Gasteiger partial charge on any atom is 0.322 e. The van der Waals surface area contributed by atoms with Gasteiger partial charge in [0.05, 0.1) is 15.2 Å². The number of nitrogens with zero attached hydrogens (tertiary/aromatic N) is 2. The zero-order valence-corrected chi connectivity index (χ0v) is 15.8. The van der Waals surface area contributed by atoms with Gasteiger partial charge in [-0.3, -0.25) is 14.9 Å². The number of aryl methyl sites for hydroxylation is 1. The molecule has 2 saturated heterocycles. The second-order valence-corrected chi connectivity index (χ2v) is 8.27. The Morgan fingerprint density at radius 2 is 1.96 bits per heavy atom. The summed E-state index contributed by atoms with van der Waals surface area (Å²) in [5, 5.41) is 6.12. The van der Waals surface area contributed by atoms with E-state index in [4.69, 9.17) is 0 Å². The summed E-state index contributed by atoms with van der Waals surface area (Å²) in [5.74, 6) is -0.144. The first-order valence-corrected chi connectivity index (χ1v) is 10.1. The molecule has 2 N–H and O–H groups in total. The molecule has 8 heteroatoms. The number of amides is 4. The molecule has 0 radical (unpaired) electrons. The third kappa shape index (κ3) is 3.66. The predicted octanol–water partition coefficient (Wildman–Crippen LogP) is 2.21. The number of urea groups is 1. The molecular formula is C19H22N4O3S. The van der Waals surface area contributed by atoms with E-state index in [1.807, 2.05) is 18.2 Å². The molecular weight excluding hydrogens is 364 g/mol. The van der Waals surface area contributed by atoms with Gasteiger partial charge in [0, 0.05) is 19.5 Å². The minimum absolute atomic E-state index is 0.124. The fourth-order valence-electron chi connectivity index (χ4n) is 3.76. The smallest absolute Gasteiger partial charge is 0.322 e. The number of carbonyl (C=O) groups excluding carboxylic acids is 3. The number of piperidine rings is 1. The van der Waals surface area contributed by atoms with Gasteiger partial charge in [0.25, 0.3) is 5.91 Å². The maximum absolute atomic E-state index is 12.4. The zero-order valence-electron chi connectivity index (χ0n) is 15.0. The van der Waals surface area contributed by atoms with Gasteiger partial charge in [-0.1, -0.05) is 12.1 Å². The molecule has 2 aromatic rings. The van der Waals surface area contributed by atoms with Crippen molar-refractivity contribution in [3.05, 3.63) is 29.3 Å². The van der Waals surface area contributed by atoms with E-state index in [9.17, 15) is 14.4 Å². The molecule has 0 bridgehead atoms. The Balaban J connectivity index is 1.21. The van der Waals surface area contributed by atoms with Gasteiger partial charge in [-0.05, 0) is 44.2 Å². The second-order valence-electron chi connectivity index (χ2n) is 7.15. The van der Waals surface area contributed by atoms with Crippen LogP contribution in [0, 0.1) is 0 Å². The molecule has 4 rings (SSSR count). The van der Waals surface area contributed by atoms with Gasteiger partial charge >= 0.3 is 6.03 Å². The summed E-state index contributed by atoms with van der Waals surface area (Å²) in [6.45, 7) is 1.01. The number of rotatable bonds is 5. The van der Waals surface area contributed by atoms with Gasteiger partial charge in [0.15, 0.2) is 0 Å². The van der Waals surface area contributed by atoms with Crippen LogP contribution >= 0.6 is 11.3 Å². The number of thiazole rings is 1. The SMILES string of the molecule is O=C1NC(=O)C2(CCN(C(=O)CCCCc3nc4ccccc4s3)CC2)N1. The fraction of sp³-hybridized carbons (Fsp3) is 0.474. The maximum atomic E-state index is 12.4. The van der Waals surface area contributed by atoms with Crippen molar-refractivity contribution >= 4 is 39.4 Å². The summed E-state index contributed by atoms with van der Waals surface area (Å²) in [4.78, 5) is 42.2. The lowest BCUT2D eigenvalue weighted by Crippen LogP contribution is -2.55. The molecule has 2 aliphatic heterocycles. The molecule has 27 heavy (non-hydrogen) atoms. The van der Waals surface area contributed by atoms with E-state index in [1.54, 1.807) is 16.2 Å². The first-order chi connectivity index (χ1) is 13.1. The van der Waals surface area contributed by atoms with E-state index >= 15 is 0 Å². The molecule has 0 atom stereocenters. The normalized spacial score (nSPS) is 18.7. The van der Waals surface area contributed by atoms with Crippen LogP contribution < -0.4 is 10.6 Å². The minimum atomic E-state index is -0.819. The van der Waals surface area contributed by atoms with E-state index in [-0.39, 0.29) is 11.8 Å². The van der Waals surface area contributed by atoms with Gasteiger partial charge in [-0.15, -0.1) is 11.3 Å². The van der Waals surface area contributed by atoms with Crippen molar-refractivity contribution in [3.8, 4) is 0 Å². The molecule has 0 saturated carbocycles. The average Bonchev–Trinajstić information content (AvgIpc) is 3.19. The minimum Gasteiger partial charge on any atom is -0.342 e. The lowest BCUT2D eigenvalue weighted by Gasteiger charge is -2.37. The number of hydrogen-bond donors (Lipinski definition) is 2.